The number of carbonyl (C=O) groups excluding carboxylic acids is 1. The zero-order chi connectivity index (χ0) is 11.7. The summed E-state index contributed by atoms with van der Waals surface area (Å²) in [4.78, 5) is 11.5. The molecule has 3 N–H and O–H groups in total. The van der Waals surface area contributed by atoms with Crippen LogP contribution in [0, 0.1) is 5.82 Å². The minimum Gasteiger partial charge on any atom is -0.462 e. The van der Waals surface area contributed by atoms with Crippen molar-refractivity contribution in [2.24, 2.45) is 0 Å². The van der Waals surface area contributed by atoms with Crippen LogP contribution in [-0.2, 0) is 4.74 Å². The molecule has 16 heavy (non-hydrogen) atoms. The van der Waals surface area contributed by atoms with Crippen LogP contribution in [-0.4, -0.2) is 17.7 Å². The number of pyridine rings is 1. The molecule has 6 heteroatoms. The minimum absolute atomic E-state index is 0.00912. The molecule has 0 spiro atoms. The first-order valence-corrected chi connectivity index (χ1v) is 4.79. The van der Waals surface area contributed by atoms with Gasteiger partial charge in [0.1, 0.15) is 0 Å². The number of ether oxygens (including phenoxy) is 1. The Balaban J connectivity index is 2.63. The second-order valence-electron chi connectivity index (χ2n) is 3.21. The van der Waals surface area contributed by atoms with Gasteiger partial charge in [-0.2, -0.15) is 9.49 Å². The molecule has 2 rings (SSSR count). The number of halogens is 1. The van der Waals surface area contributed by atoms with Crippen molar-refractivity contribution in [3.63, 3.8) is 0 Å². The van der Waals surface area contributed by atoms with E-state index in [0.29, 0.717) is 0 Å². The monoisotopic (exact) mass is 224 g/mol. The first-order chi connectivity index (χ1) is 7.65. The summed E-state index contributed by atoms with van der Waals surface area (Å²) in [6, 6.07) is 1.41. The fourth-order valence-corrected chi connectivity index (χ4v) is 1.47. The Morgan fingerprint density at radius 1 is 1.69 bits per heavy atom. The van der Waals surface area contributed by atoms with E-state index in [1.165, 1.54) is 23.0 Å². The summed E-state index contributed by atoms with van der Waals surface area (Å²) in [5.41, 5.74) is 5.65. The zero-order valence-corrected chi connectivity index (χ0v) is 8.66. The van der Waals surface area contributed by atoms with Crippen molar-refractivity contribution < 1.29 is 18.4 Å². The van der Waals surface area contributed by atoms with Crippen molar-refractivity contribution in [2.45, 2.75) is 6.92 Å². The normalized spacial score (nSPS) is 10.6. The highest BCUT2D eigenvalue weighted by atomic mass is 19.1. The van der Waals surface area contributed by atoms with Crippen LogP contribution in [0.4, 0.5) is 10.1 Å². The minimum atomic E-state index is -0.633. The predicted octanol–water partition coefficient (Wildman–Crippen LogP) is 0.651. The number of hydrogen-bond donors (Lipinski definition) is 2. The van der Waals surface area contributed by atoms with Crippen molar-refractivity contribution in [2.75, 3.05) is 12.3 Å². The molecule has 0 amide bonds. The Morgan fingerprint density at radius 3 is 3.12 bits per heavy atom. The molecule has 0 aliphatic heterocycles. The molecule has 2 aromatic heterocycles. The van der Waals surface area contributed by atoms with E-state index in [1.807, 2.05) is 0 Å². The van der Waals surface area contributed by atoms with Gasteiger partial charge in [0.05, 0.1) is 18.5 Å². The molecule has 2 aromatic rings. The molecule has 0 aliphatic rings. The van der Waals surface area contributed by atoms with Gasteiger partial charge >= 0.3 is 5.97 Å². The third-order valence-electron chi connectivity index (χ3n) is 2.20. The van der Waals surface area contributed by atoms with Crippen LogP contribution in [0.15, 0.2) is 18.5 Å². The molecule has 0 radical (unpaired) electrons. The Labute approximate surface area is 90.6 Å². The van der Waals surface area contributed by atoms with Gasteiger partial charge in [-0.25, -0.2) is 4.79 Å². The van der Waals surface area contributed by atoms with Crippen LogP contribution in [0.25, 0.3) is 5.52 Å². The van der Waals surface area contributed by atoms with Gasteiger partial charge in [-0.3, -0.25) is 0 Å². The number of aromatic nitrogens is 2. The highest BCUT2D eigenvalue weighted by molar-refractivity contribution is 5.96. The molecule has 0 atom stereocenters. The van der Waals surface area contributed by atoms with E-state index in [-0.39, 0.29) is 23.4 Å². The van der Waals surface area contributed by atoms with E-state index in [4.69, 9.17) is 10.5 Å². The molecule has 5 nitrogen and oxygen atoms in total. The molecule has 0 saturated carbocycles. The number of esters is 1. The standard InChI is InChI=1S/C10H10FN3O2/c1-2-16-10(15)6-5-13-14-4-3-7(12)8(11)9(6)14/h3-5H,2H2,1H3,(H2,12,13,15)/p+1. The summed E-state index contributed by atoms with van der Waals surface area (Å²) in [5.74, 6) is -1.21. The summed E-state index contributed by atoms with van der Waals surface area (Å²) in [5, 5.41) is 2.72. The van der Waals surface area contributed by atoms with Crippen LogP contribution in [0.1, 0.15) is 17.3 Å². The number of nitrogen functional groups attached to an aromatic ring is 1. The Kier molecular flexibility index (Phi) is 2.47. The number of nitrogens with two attached hydrogens (primary N) is 1. The molecule has 84 valence electrons. The van der Waals surface area contributed by atoms with Crippen molar-refractivity contribution in [3.05, 3.63) is 29.8 Å². The van der Waals surface area contributed by atoms with Crippen LogP contribution in [0.2, 0.25) is 0 Å². The molecule has 0 aliphatic carbocycles. The summed E-state index contributed by atoms with van der Waals surface area (Å²) in [6.07, 6.45) is 2.92. The number of rotatable bonds is 2. The largest absolute Gasteiger partial charge is 0.462 e. The fraction of sp³-hybridized carbons (Fsp3) is 0.200. The quantitative estimate of drug-likeness (QED) is 0.581. The smallest absolute Gasteiger partial charge is 0.346 e. The van der Waals surface area contributed by atoms with E-state index in [1.54, 1.807) is 6.92 Å². The second-order valence-corrected chi connectivity index (χ2v) is 3.21. The Bertz CT molecular complexity index is 550. The van der Waals surface area contributed by atoms with Crippen LogP contribution in [0.5, 0.6) is 0 Å². The van der Waals surface area contributed by atoms with Gasteiger partial charge < -0.3 is 10.5 Å². The Hall–Kier alpha value is -2.11. The van der Waals surface area contributed by atoms with E-state index >= 15 is 0 Å². The molecule has 2 heterocycles. The maximum absolute atomic E-state index is 13.7. The van der Waals surface area contributed by atoms with Crippen molar-refractivity contribution >= 4 is 17.2 Å². The van der Waals surface area contributed by atoms with Gasteiger partial charge in [-0.15, -0.1) is 0 Å². The summed E-state index contributed by atoms with van der Waals surface area (Å²) < 4.78 is 19.9. The average molecular weight is 224 g/mol. The molecule has 0 saturated heterocycles. The zero-order valence-electron chi connectivity index (χ0n) is 8.66. The molecular weight excluding hydrogens is 213 g/mol. The fourth-order valence-electron chi connectivity index (χ4n) is 1.47. The molecule has 0 fully saturated rings. The van der Waals surface area contributed by atoms with E-state index in [0.717, 1.165) is 0 Å². The van der Waals surface area contributed by atoms with Gasteiger partial charge in [-0.1, -0.05) is 4.52 Å². The van der Waals surface area contributed by atoms with E-state index in [9.17, 15) is 9.18 Å². The van der Waals surface area contributed by atoms with Crippen molar-refractivity contribution in [1.82, 2.24) is 5.10 Å². The first kappa shape index (κ1) is 10.4. The van der Waals surface area contributed by atoms with Crippen LogP contribution >= 0.6 is 0 Å². The third-order valence-corrected chi connectivity index (χ3v) is 2.20. The predicted molar refractivity (Wildman–Crippen MR) is 54.3 cm³/mol. The van der Waals surface area contributed by atoms with Crippen LogP contribution < -0.4 is 10.2 Å². The number of fused-ring (bicyclic) bond motifs is 1. The molecule has 0 bridgehead atoms. The Morgan fingerprint density at radius 2 is 2.44 bits per heavy atom. The number of aromatic amines is 1. The lowest BCUT2D eigenvalue weighted by Gasteiger charge is -1.97. The van der Waals surface area contributed by atoms with Gasteiger partial charge in [0.15, 0.2) is 5.56 Å². The summed E-state index contributed by atoms with van der Waals surface area (Å²) in [7, 11) is 0. The number of nitrogens with one attached hydrogen (secondary N) is 1. The molecule has 0 unspecified atom stereocenters. The van der Waals surface area contributed by atoms with E-state index < -0.39 is 11.8 Å². The maximum atomic E-state index is 13.7. The van der Waals surface area contributed by atoms with E-state index in [2.05, 4.69) is 5.10 Å². The lowest BCUT2D eigenvalue weighted by atomic mass is 10.2. The summed E-state index contributed by atoms with van der Waals surface area (Å²) in [6.45, 7) is 1.92. The number of hydrogen-bond acceptors (Lipinski definition) is 3. The third kappa shape index (κ3) is 1.48. The number of carbonyl (C=O) groups is 1. The highest BCUT2D eigenvalue weighted by Gasteiger charge is 2.24. The maximum Gasteiger partial charge on any atom is 0.346 e. The highest BCUT2D eigenvalue weighted by Crippen LogP contribution is 2.16. The van der Waals surface area contributed by atoms with Gasteiger partial charge in [0.2, 0.25) is 12.0 Å². The molecule has 0 aromatic carbocycles. The average Bonchev–Trinajstić information content (AvgIpc) is 2.68. The second kappa shape index (κ2) is 3.80. The number of H-pyrrole nitrogens is 1. The van der Waals surface area contributed by atoms with Crippen molar-refractivity contribution in [1.29, 1.82) is 0 Å². The lowest BCUT2D eigenvalue weighted by Crippen LogP contribution is -2.24. The van der Waals surface area contributed by atoms with Crippen LogP contribution in [0.3, 0.4) is 0 Å². The topological polar surface area (TPSA) is 72.2 Å². The number of nitrogens with zero attached hydrogens (tertiary/aromatic N) is 1. The van der Waals surface area contributed by atoms with Gasteiger partial charge in [0, 0.05) is 6.07 Å². The van der Waals surface area contributed by atoms with Gasteiger partial charge in [0.25, 0.3) is 5.52 Å². The number of anilines is 1. The van der Waals surface area contributed by atoms with Crippen molar-refractivity contribution in [3.8, 4) is 0 Å². The molecular formula is C10H11FN3O2+. The first-order valence-electron chi connectivity index (χ1n) is 4.79. The SMILES string of the molecule is CCOC(=O)c1c[nH][n+]2ccc(N)c(F)c12. The lowest BCUT2D eigenvalue weighted by molar-refractivity contribution is -0.577. The van der Waals surface area contributed by atoms with Gasteiger partial charge in [-0.05, 0) is 6.92 Å². The summed E-state index contributed by atoms with van der Waals surface area (Å²) >= 11 is 0.